The molecule has 14 heavy (non-hydrogen) atoms. The zero-order valence-electron chi connectivity index (χ0n) is 7.94. The molecule has 0 saturated carbocycles. The van der Waals surface area contributed by atoms with E-state index in [0.717, 1.165) is 6.42 Å². The minimum atomic E-state index is -0.734. The predicted octanol–water partition coefficient (Wildman–Crippen LogP) is 2.66. The maximum atomic E-state index is 11.1. The number of esters is 1. The number of pyridine rings is 1. The average molecular weight is 214 g/mol. The Balaban J connectivity index is 2.50. The van der Waals surface area contributed by atoms with Crippen LogP contribution in [0.5, 0.6) is 0 Å². The molecule has 0 bridgehead atoms. The van der Waals surface area contributed by atoms with Gasteiger partial charge in [0.1, 0.15) is 0 Å². The Labute approximate surface area is 88.1 Å². The Kier molecular flexibility index (Phi) is 4.40. The van der Waals surface area contributed by atoms with E-state index in [9.17, 15) is 4.79 Å². The number of hydrogen-bond donors (Lipinski definition) is 0. The van der Waals surface area contributed by atoms with E-state index in [1.165, 1.54) is 0 Å². The van der Waals surface area contributed by atoms with Crippen molar-refractivity contribution in [2.45, 2.75) is 25.3 Å². The van der Waals surface area contributed by atoms with Gasteiger partial charge in [0.25, 0.3) is 0 Å². The molecule has 76 valence electrons. The van der Waals surface area contributed by atoms with Gasteiger partial charge in [-0.15, -0.1) is 0 Å². The fraction of sp³-hybridized carbons (Fsp3) is 0.400. The van der Waals surface area contributed by atoms with Gasteiger partial charge in [0.05, 0.1) is 0 Å². The van der Waals surface area contributed by atoms with Crippen LogP contribution in [-0.4, -0.2) is 11.0 Å². The van der Waals surface area contributed by atoms with Gasteiger partial charge in [-0.25, -0.2) is 0 Å². The van der Waals surface area contributed by atoms with Crippen LogP contribution in [-0.2, 0) is 9.53 Å². The fourth-order valence-corrected chi connectivity index (χ4v) is 1.19. The first-order chi connectivity index (χ1) is 6.74. The lowest BCUT2D eigenvalue weighted by Gasteiger charge is -2.10. The van der Waals surface area contributed by atoms with Crippen LogP contribution in [0.2, 0.25) is 0 Å². The summed E-state index contributed by atoms with van der Waals surface area (Å²) in [5.41, 5.74) is -0.0404. The molecule has 0 spiro atoms. The van der Waals surface area contributed by atoms with Crippen molar-refractivity contribution in [1.82, 2.24) is 4.98 Å². The van der Waals surface area contributed by atoms with Crippen molar-refractivity contribution in [3.8, 4) is 0 Å². The van der Waals surface area contributed by atoms with E-state index >= 15 is 0 Å². The first kappa shape index (κ1) is 11.0. The second-order valence-corrected chi connectivity index (χ2v) is 3.24. The maximum absolute atomic E-state index is 11.1. The maximum Gasteiger partial charge on any atom is 0.307 e. The van der Waals surface area contributed by atoms with Gasteiger partial charge in [-0.3, -0.25) is 9.78 Å². The summed E-state index contributed by atoms with van der Waals surface area (Å²) in [6.07, 6.45) is 4.37. The third-order valence-electron chi connectivity index (χ3n) is 1.64. The molecule has 0 aliphatic heterocycles. The van der Waals surface area contributed by atoms with E-state index in [1.807, 2.05) is 6.92 Å². The lowest BCUT2D eigenvalue weighted by Crippen LogP contribution is -2.06. The van der Waals surface area contributed by atoms with Crippen molar-refractivity contribution >= 4 is 17.6 Å². The van der Waals surface area contributed by atoms with Crippen LogP contribution in [0.15, 0.2) is 24.5 Å². The van der Waals surface area contributed by atoms with Gasteiger partial charge in [0.2, 0.25) is 5.56 Å². The van der Waals surface area contributed by atoms with E-state index in [1.54, 1.807) is 24.5 Å². The molecule has 4 heteroatoms. The summed E-state index contributed by atoms with van der Waals surface area (Å²) in [5.74, 6) is -0.281. The van der Waals surface area contributed by atoms with Gasteiger partial charge >= 0.3 is 5.97 Å². The highest BCUT2D eigenvalue weighted by Gasteiger charge is 2.12. The average Bonchev–Trinajstić information content (AvgIpc) is 2.19. The highest BCUT2D eigenvalue weighted by molar-refractivity contribution is 6.20. The van der Waals surface area contributed by atoms with Crippen molar-refractivity contribution in [2.75, 3.05) is 0 Å². The molecule has 0 saturated heterocycles. The first-order valence-corrected chi connectivity index (χ1v) is 4.91. The van der Waals surface area contributed by atoms with Gasteiger partial charge in [-0.1, -0.05) is 24.6 Å². The van der Waals surface area contributed by atoms with E-state index in [-0.39, 0.29) is 5.97 Å². The van der Waals surface area contributed by atoms with Gasteiger partial charge in [0, 0.05) is 24.4 Å². The molecule has 1 aromatic rings. The number of nitrogens with zero attached hydrogens (tertiary/aromatic N) is 1. The molecule has 1 unspecified atom stereocenters. The number of aromatic nitrogens is 1. The number of hydrogen-bond acceptors (Lipinski definition) is 3. The van der Waals surface area contributed by atoms with Crippen LogP contribution in [0, 0.1) is 0 Å². The Morgan fingerprint density at radius 2 is 2.50 bits per heavy atom. The molecule has 0 radical (unpaired) electrons. The summed E-state index contributed by atoms with van der Waals surface area (Å²) in [7, 11) is 0. The molecule has 0 fully saturated rings. The van der Waals surface area contributed by atoms with Crippen molar-refractivity contribution < 1.29 is 9.53 Å². The predicted molar refractivity (Wildman–Crippen MR) is 53.8 cm³/mol. The third-order valence-corrected chi connectivity index (χ3v) is 1.98. The second kappa shape index (κ2) is 5.60. The van der Waals surface area contributed by atoms with Crippen molar-refractivity contribution in [3.05, 3.63) is 30.1 Å². The van der Waals surface area contributed by atoms with Crippen molar-refractivity contribution in [1.29, 1.82) is 0 Å². The Bertz CT molecular complexity index is 289. The fourth-order valence-electron chi connectivity index (χ4n) is 0.957. The smallest absolute Gasteiger partial charge is 0.307 e. The number of halogens is 1. The standard InChI is InChI=1S/C10H12ClNO2/c1-2-4-9(13)14-10(11)8-5-3-6-12-7-8/h3,5-7,10H,2,4H2,1H3. The minimum absolute atomic E-state index is 0.281. The van der Waals surface area contributed by atoms with Gasteiger partial charge in [-0.05, 0) is 12.5 Å². The SMILES string of the molecule is CCCC(=O)OC(Cl)c1cccnc1. The Morgan fingerprint density at radius 3 is 3.07 bits per heavy atom. The van der Waals surface area contributed by atoms with E-state index in [2.05, 4.69) is 4.98 Å². The zero-order valence-corrected chi connectivity index (χ0v) is 8.70. The normalized spacial score (nSPS) is 12.1. The first-order valence-electron chi connectivity index (χ1n) is 4.47. The lowest BCUT2D eigenvalue weighted by atomic mass is 10.3. The van der Waals surface area contributed by atoms with Gasteiger partial charge in [0.15, 0.2) is 0 Å². The summed E-state index contributed by atoms with van der Waals surface area (Å²) in [5, 5.41) is 0. The van der Waals surface area contributed by atoms with E-state index in [4.69, 9.17) is 16.3 Å². The summed E-state index contributed by atoms with van der Waals surface area (Å²) >= 11 is 5.85. The van der Waals surface area contributed by atoms with Crippen LogP contribution in [0.25, 0.3) is 0 Å². The molecule has 0 N–H and O–H groups in total. The largest absolute Gasteiger partial charge is 0.441 e. The molecule has 0 aliphatic rings. The second-order valence-electron chi connectivity index (χ2n) is 2.84. The van der Waals surface area contributed by atoms with Crippen molar-refractivity contribution in [3.63, 3.8) is 0 Å². The monoisotopic (exact) mass is 213 g/mol. The van der Waals surface area contributed by atoms with Crippen LogP contribution in [0.3, 0.4) is 0 Å². The van der Waals surface area contributed by atoms with E-state index in [0.29, 0.717) is 12.0 Å². The molecule has 0 aromatic carbocycles. The Hall–Kier alpha value is -1.09. The number of ether oxygens (including phenoxy) is 1. The number of carbonyl (C=O) groups is 1. The molecule has 1 heterocycles. The third kappa shape index (κ3) is 3.34. The quantitative estimate of drug-likeness (QED) is 0.570. The lowest BCUT2D eigenvalue weighted by molar-refractivity contribution is -0.145. The molecule has 1 atom stereocenters. The zero-order chi connectivity index (χ0) is 10.4. The van der Waals surface area contributed by atoms with Crippen LogP contribution < -0.4 is 0 Å². The topological polar surface area (TPSA) is 39.2 Å². The van der Waals surface area contributed by atoms with Crippen LogP contribution in [0.4, 0.5) is 0 Å². The molecular formula is C10H12ClNO2. The molecule has 0 amide bonds. The number of carbonyl (C=O) groups excluding carboxylic acids is 1. The molecule has 3 nitrogen and oxygen atoms in total. The molecular weight excluding hydrogens is 202 g/mol. The minimum Gasteiger partial charge on any atom is -0.441 e. The van der Waals surface area contributed by atoms with Crippen LogP contribution in [0.1, 0.15) is 30.9 Å². The molecule has 1 aromatic heterocycles. The highest BCUT2D eigenvalue weighted by atomic mass is 35.5. The molecule has 1 rings (SSSR count). The Morgan fingerprint density at radius 1 is 1.71 bits per heavy atom. The van der Waals surface area contributed by atoms with Crippen molar-refractivity contribution in [2.24, 2.45) is 0 Å². The highest BCUT2D eigenvalue weighted by Crippen LogP contribution is 2.21. The van der Waals surface area contributed by atoms with Gasteiger partial charge < -0.3 is 4.74 Å². The van der Waals surface area contributed by atoms with Crippen LogP contribution >= 0.6 is 11.6 Å². The van der Waals surface area contributed by atoms with Gasteiger partial charge in [-0.2, -0.15) is 0 Å². The van der Waals surface area contributed by atoms with E-state index < -0.39 is 5.56 Å². The summed E-state index contributed by atoms with van der Waals surface area (Å²) in [6.45, 7) is 1.91. The summed E-state index contributed by atoms with van der Waals surface area (Å²) in [4.78, 5) is 15.0. The number of alkyl halides is 1. The summed E-state index contributed by atoms with van der Waals surface area (Å²) < 4.78 is 4.96. The number of rotatable bonds is 4. The summed E-state index contributed by atoms with van der Waals surface area (Å²) in [6, 6.07) is 3.52. The molecule has 0 aliphatic carbocycles.